The van der Waals surface area contributed by atoms with Crippen LogP contribution in [0.4, 0.5) is 0 Å². The molecule has 2 fully saturated rings. The maximum Gasteiger partial charge on any atom is 0.220 e. The highest BCUT2D eigenvalue weighted by Gasteiger charge is 2.18. The maximum atomic E-state index is 11.9. The van der Waals surface area contributed by atoms with Crippen LogP contribution < -0.4 is 16.0 Å². The molecule has 0 bridgehead atoms. The molecule has 28 heavy (non-hydrogen) atoms. The Labute approximate surface area is 187 Å². The number of amides is 1. The van der Waals surface area contributed by atoms with Crippen LogP contribution >= 0.6 is 24.0 Å². The Morgan fingerprint density at radius 1 is 1.00 bits per heavy atom. The topological polar surface area (TPSA) is 84.0 Å². The number of carbonyl (C=O) groups excluding carboxylic acids is 1. The van der Waals surface area contributed by atoms with Crippen molar-refractivity contribution in [3.8, 4) is 0 Å². The van der Waals surface area contributed by atoms with E-state index < -0.39 is 0 Å². The SMILES string of the molecule is CN=C(NCCCOCC1CCOCC1)NCCNC(=O)CC1CCCC1.I. The van der Waals surface area contributed by atoms with Gasteiger partial charge in [0.05, 0.1) is 0 Å². The van der Waals surface area contributed by atoms with E-state index >= 15 is 0 Å². The molecule has 0 aromatic rings. The molecule has 8 heteroatoms. The molecule has 3 N–H and O–H groups in total. The fourth-order valence-corrected chi connectivity index (χ4v) is 3.70. The first-order valence-electron chi connectivity index (χ1n) is 10.6. The van der Waals surface area contributed by atoms with E-state index in [9.17, 15) is 4.79 Å². The molecule has 0 aromatic heterocycles. The lowest BCUT2D eigenvalue weighted by molar-refractivity contribution is -0.121. The molecule has 0 unspecified atom stereocenters. The lowest BCUT2D eigenvalue weighted by Gasteiger charge is -2.21. The molecule has 0 spiro atoms. The zero-order chi connectivity index (χ0) is 19.2. The van der Waals surface area contributed by atoms with Crippen molar-refractivity contribution in [2.75, 3.05) is 53.1 Å². The minimum absolute atomic E-state index is 0. The Bertz CT molecular complexity index is 439. The van der Waals surface area contributed by atoms with Crippen LogP contribution in [-0.2, 0) is 14.3 Å². The van der Waals surface area contributed by atoms with E-state index in [4.69, 9.17) is 9.47 Å². The van der Waals surface area contributed by atoms with Crippen molar-refractivity contribution in [1.29, 1.82) is 0 Å². The summed E-state index contributed by atoms with van der Waals surface area (Å²) in [7, 11) is 1.76. The van der Waals surface area contributed by atoms with Crippen molar-refractivity contribution in [2.24, 2.45) is 16.8 Å². The zero-order valence-corrected chi connectivity index (χ0v) is 19.7. The van der Waals surface area contributed by atoms with Gasteiger partial charge >= 0.3 is 0 Å². The highest BCUT2D eigenvalue weighted by molar-refractivity contribution is 14.0. The van der Waals surface area contributed by atoms with Crippen molar-refractivity contribution in [1.82, 2.24) is 16.0 Å². The molecule has 1 amide bonds. The van der Waals surface area contributed by atoms with E-state index in [1.807, 2.05) is 0 Å². The van der Waals surface area contributed by atoms with E-state index in [-0.39, 0.29) is 29.9 Å². The fourth-order valence-electron chi connectivity index (χ4n) is 3.70. The number of rotatable bonds is 11. The number of ether oxygens (including phenoxy) is 2. The average molecular weight is 510 g/mol. The second-order valence-corrected chi connectivity index (χ2v) is 7.61. The molecule has 1 saturated heterocycles. The van der Waals surface area contributed by atoms with E-state index in [1.165, 1.54) is 25.7 Å². The number of nitrogens with zero attached hydrogens (tertiary/aromatic N) is 1. The zero-order valence-electron chi connectivity index (χ0n) is 17.3. The second kappa shape index (κ2) is 16.2. The van der Waals surface area contributed by atoms with Crippen molar-refractivity contribution in [3.63, 3.8) is 0 Å². The van der Waals surface area contributed by atoms with Crippen LogP contribution in [0.25, 0.3) is 0 Å². The van der Waals surface area contributed by atoms with Gasteiger partial charge in [0.15, 0.2) is 5.96 Å². The summed E-state index contributed by atoms with van der Waals surface area (Å²) in [5, 5.41) is 9.50. The van der Waals surface area contributed by atoms with Gasteiger partial charge in [0.1, 0.15) is 0 Å². The van der Waals surface area contributed by atoms with E-state index in [1.54, 1.807) is 7.05 Å². The number of guanidine groups is 1. The predicted molar refractivity (Wildman–Crippen MR) is 123 cm³/mol. The summed E-state index contributed by atoms with van der Waals surface area (Å²) in [6.07, 6.45) is 8.84. The quantitative estimate of drug-likeness (QED) is 0.172. The highest BCUT2D eigenvalue weighted by Crippen LogP contribution is 2.27. The Morgan fingerprint density at radius 2 is 1.68 bits per heavy atom. The van der Waals surface area contributed by atoms with Gasteiger partial charge in [0.25, 0.3) is 0 Å². The third-order valence-electron chi connectivity index (χ3n) is 5.36. The molecule has 2 aliphatic rings. The van der Waals surface area contributed by atoms with Gasteiger partial charge < -0.3 is 25.4 Å². The van der Waals surface area contributed by atoms with Crippen molar-refractivity contribution in [2.45, 2.75) is 51.4 Å². The lowest BCUT2D eigenvalue weighted by atomic mass is 10.0. The van der Waals surface area contributed by atoms with Crippen molar-refractivity contribution in [3.05, 3.63) is 0 Å². The molecule has 164 valence electrons. The monoisotopic (exact) mass is 510 g/mol. The number of nitrogens with one attached hydrogen (secondary N) is 3. The molecule has 2 rings (SSSR count). The second-order valence-electron chi connectivity index (χ2n) is 7.61. The molecule has 0 radical (unpaired) electrons. The fraction of sp³-hybridized carbons (Fsp3) is 0.900. The Hall–Kier alpha value is -0.610. The predicted octanol–water partition coefficient (Wildman–Crippen LogP) is 2.30. The van der Waals surface area contributed by atoms with Crippen LogP contribution in [0.15, 0.2) is 4.99 Å². The van der Waals surface area contributed by atoms with Gasteiger partial charge in [0.2, 0.25) is 5.91 Å². The van der Waals surface area contributed by atoms with Crippen LogP contribution in [-0.4, -0.2) is 65.0 Å². The van der Waals surface area contributed by atoms with Gasteiger partial charge in [-0.2, -0.15) is 0 Å². The van der Waals surface area contributed by atoms with E-state index in [0.29, 0.717) is 31.3 Å². The molecular formula is C20H39IN4O3. The average Bonchev–Trinajstić information content (AvgIpc) is 3.20. The minimum Gasteiger partial charge on any atom is -0.381 e. The summed E-state index contributed by atoms with van der Waals surface area (Å²) in [4.78, 5) is 16.1. The smallest absolute Gasteiger partial charge is 0.220 e. The Balaban J connectivity index is 0.00000392. The van der Waals surface area contributed by atoms with Crippen LogP contribution in [0.3, 0.4) is 0 Å². The molecule has 1 aliphatic heterocycles. The van der Waals surface area contributed by atoms with Gasteiger partial charge in [0, 0.05) is 59.5 Å². The molecule has 1 aliphatic carbocycles. The standard InChI is InChI=1S/C20H38N4O3.HI/c1-21-20(23-9-4-12-27-16-18-7-13-26-14-8-18)24-11-10-22-19(25)15-17-5-2-3-6-17;/h17-18H,2-16H2,1H3,(H,22,25)(H2,21,23,24);1H. The summed E-state index contributed by atoms with van der Waals surface area (Å²) in [6.45, 7) is 5.48. The summed E-state index contributed by atoms with van der Waals surface area (Å²) < 4.78 is 11.1. The summed E-state index contributed by atoms with van der Waals surface area (Å²) in [6, 6.07) is 0. The number of carbonyl (C=O) groups is 1. The first kappa shape index (κ1) is 25.4. The summed E-state index contributed by atoms with van der Waals surface area (Å²) >= 11 is 0. The van der Waals surface area contributed by atoms with Crippen LogP contribution in [0, 0.1) is 11.8 Å². The third-order valence-corrected chi connectivity index (χ3v) is 5.36. The van der Waals surface area contributed by atoms with Crippen molar-refractivity contribution < 1.29 is 14.3 Å². The minimum atomic E-state index is 0. The number of hydrogen-bond donors (Lipinski definition) is 3. The third kappa shape index (κ3) is 11.4. The van der Waals surface area contributed by atoms with Crippen LogP contribution in [0.5, 0.6) is 0 Å². The largest absolute Gasteiger partial charge is 0.381 e. The van der Waals surface area contributed by atoms with Crippen molar-refractivity contribution >= 4 is 35.8 Å². The maximum absolute atomic E-state index is 11.9. The highest BCUT2D eigenvalue weighted by atomic mass is 127. The van der Waals surface area contributed by atoms with Crippen LogP contribution in [0.1, 0.15) is 51.4 Å². The molecule has 1 saturated carbocycles. The molecule has 0 atom stereocenters. The van der Waals surface area contributed by atoms with E-state index in [0.717, 1.165) is 58.2 Å². The number of halogens is 1. The summed E-state index contributed by atoms with van der Waals surface area (Å²) in [5.74, 6) is 2.20. The first-order valence-corrected chi connectivity index (χ1v) is 10.6. The van der Waals surface area contributed by atoms with Gasteiger partial charge in [-0.3, -0.25) is 9.79 Å². The lowest BCUT2D eigenvalue weighted by Crippen LogP contribution is -2.42. The summed E-state index contributed by atoms with van der Waals surface area (Å²) in [5.41, 5.74) is 0. The molecular weight excluding hydrogens is 471 g/mol. The van der Waals surface area contributed by atoms with Gasteiger partial charge in [-0.15, -0.1) is 24.0 Å². The van der Waals surface area contributed by atoms with Gasteiger partial charge in [-0.25, -0.2) is 0 Å². The molecule has 0 aromatic carbocycles. The number of hydrogen-bond acceptors (Lipinski definition) is 4. The Morgan fingerprint density at radius 3 is 2.39 bits per heavy atom. The Kier molecular flexibility index (Phi) is 14.7. The van der Waals surface area contributed by atoms with E-state index in [2.05, 4.69) is 20.9 Å². The molecule has 1 heterocycles. The number of aliphatic imine (C=N–C) groups is 1. The van der Waals surface area contributed by atoms with Gasteiger partial charge in [-0.1, -0.05) is 12.8 Å². The van der Waals surface area contributed by atoms with Crippen LogP contribution in [0.2, 0.25) is 0 Å². The van der Waals surface area contributed by atoms with Gasteiger partial charge in [-0.05, 0) is 43.9 Å². The normalized spacial score (nSPS) is 18.5. The molecule has 7 nitrogen and oxygen atoms in total. The first-order chi connectivity index (χ1) is 13.3.